The van der Waals surface area contributed by atoms with Crippen LogP contribution in [-0.4, -0.2) is 22.4 Å². The van der Waals surface area contributed by atoms with Gasteiger partial charge in [-0.05, 0) is 23.2 Å². The molecule has 1 aliphatic rings. The number of hydrogen-bond donors (Lipinski definition) is 0. The second-order valence-electron chi connectivity index (χ2n) is 1.75. The van der Waals surface area contributed by atoms with Gasteiger partial charge >= 0.3 is 11.0 Å². The Morgan fingerprint density at radius 3 is 2.27 bits per heavy atom. The van der Waals surface area contributed by atoms with Crippen LogP contribution in [0.15, 0.2) is 11.6 Å². The van der Waals surface area contributed by atoms with Gasteiger partial charge in [0.25, 0.3) is 11.5 Å². The van der Waals surface area contributed by atoms with Crippen LogP contribution in [0.4, 0.5) is 0 Å². The third kappa shape index (κ3) is 1.57. The zero-order valence-corrected chi connectivity index (χ0v) is 6.69. The van der Waals surface area contributed by atoms with Crippen molar-refractivity contribution < 1.29 is 9.59 Å². The summed E-state index contributed by atoms with van der Waals surface area (Å²) in [6.07, 6.45) is 2.64. The Labute approximate surface area is 72.0 Å². The maximum Gasteiger partial charge on any atom is 0.398 e. The van der Waals surface area contributed by atoms with E-state index in [9.17, 15) is 9.59 Å². The molecule has 5 heteroatoms. The Morgan fingerprint density at radius 1 is 1.27 bits per heavy atom. The summed E-state index contributed by atoms with van der Waals surface area (Å²) in [6.45, 7) is 0. The lowest BCUT2D eigenvalue weighted by molar-refractivity contribution is -0.109. The molecule has 0 N–H and O–H groups in total. The Morgan fingerprint density at radius 2 is 1.91 bits per heavy atom. The summed E-state index contributed by atoms with van der Waals surface area (Å²) >= 11 is 10.2. The van der Waals surface area contributed by atoms with Crippen LogP contribution in [0.1, 0.15) is 0 Å². The number of hydrogen-bond acceptors (Lipinski definition) is 2. The van der Waals surface area contributed by atoms with Crippen molar-refractivity contribution >= 4 is 45.6 Å². The van der Waals surface area contributed by atoms with Gasteiger partial charge in [-0.25, -0.2) is 0 Å². The van der Waals surface area contributed by atoms with Gasteiger partial charge in [0, 0.05) is 6.08 Å². The van der Waals surface area contributed by atoms with Gasteiger partial charge in [0.05, 0.1) is 0 Å². The summed E-state index contributed by atoms with van der Waals surface area (Å²) in [5, 5.41) is -1.51. The van der Waals surface area contributed by atoms with Crippen LogP contribution < -0.4 is 4.67 Å². The molecule has 3 nitrogen and oxygen atoms in total. The van der Waals surface area contributed by atoms with Crippen molar-refractivity contribution in [1.82, 2.24) is 4.67 Å². The number of carbonyl (C=O) groups is 2. The number of rotatable bonds is 2. The molecule has 1 aliphatic heterocycles. The number of allylic oxidation sites excluding steroid dienone is 2. The van der Waals surface area contributed by atoms with Crippen molar-refractivity contribution in [3.8, 4) is 0 Å². The second kappa shape index (κ2) is 3.01. The summed E-state index contributed by atoms with van der Waals surface area (Å²) in [7, 11) is 0. The van der Waals surface area contributed by atoms with Crippen molar-refractivity contribution in [2.24, 2.45) is 0 Å². The normalized spacial score (nSPS) is 14.4. The van der Waals surface area contributed by atoms with Gasteiger partial charge in [-0.3, -0.25) is 9.59 Å². The first-order chi connectivity index (χ1) is 5.13. The molecule has 1 heterocycles. The molecule has 0 unspecified atom stereocenters. The van der Waals surface area contributed by atoms with Crippen molar-refractivity contribution in [1.29, 1.82) is 0 Å². The molecule has 0 bridgehead atoms. The lowest BCUT2D eigenvalue weighted by Gasteiger charge is -1.83. The first kappa shape index (κ1) is 8.21. The summed E-state index contributed by atoms with van der Waals surface area (Å²) < 4.78 is 3.55. The molecule has 0 fully saturated rings. The molecule has 0 atom stereocenters. The molecule has 0 aliphatic carbocycles. The molecular formula is C6H2Cl2NO2+. The van der Waals surface area contributed by atoms with Crippen LogP contribution in [0.3, 0.4) is 0 Å². The standard InChI is InChI=1S/C6H2Cl2NO2/c7-5(10)3-1-2-9-4(3)6(8)11/h1-2H/q+1. The van der Waals surface area contributed by atoms with Crippen molar-refractivity contribution in [3.05, 3.63) is 11.6 Å². The number of carbonyl (C=O) groups excluding carboxylic acids is 2. The Hall–Kier alpha value is -0.890. The van der Waals surface area contributed by atoms with Crippen LogP contribution in [0.2, 0.25) is 0 Å². The van der Waals surface area contributed by atoms with E-state index in [1.807, 2.05) is 0 Å². The third-order valence-corrected chi connectivity index (χ3v) is 1.48. The first-order valence-corrected chi connectivity index (χ1v) is 3.40. The highest BCUT2D eigenvalue weighted by molar-refractivity contribution is 6.88. The van der Waals surface area contributed by atoms with E-state index >= 15 is 0 Å². The largest absolute Gasteiger partial charge is 0.398 e. The molecule has 11 heavy (non-hydrogen) atoms. The Bertz CT molecular complexity index is 323. The lowest BCUT2D eigenvalue weighted by Crippen LogP contribution is -2.15. The molecule has 1 rings (SSSR count). The highest BCUT2D eigenvalue weighted by atomic mass is 35.5. The van der Waals surface area contributed by atoms with Crippen molar-refractivity contribution in [2.45, 2.75) is 0 Å². The fourth-order valence-electron chi connectivity index (χ4n) is 0.650. The molecule has 0 saturated carbocycles. The predicted molar refractivity (Wildman–Crippen MR) is 43.0 cm³/mol. The molecule has 0 saturated heterocycles. The minimum atomic E-state index is -0.779. The smallest absolute Gasteiger partial charge is 0.275 e. The molecule has 56 valence electrons. The van der Waals surface area contributed by atoms with Crippen LogP contribution in [0.5, 0.6) is 0 Å². The van der Waals surface area contributed by atoms with E-state index in [-0.39, 0.29) is 11.3 Å². The van der Waals surface area contributed by atoms with Gasteiger partial charge < -0.3 is 0 Å². The third-order valence-electron chi connectivity index (χ3n) is 1.10. The van der Waals surface area contributed by atoms with Crippen LogP contribution in [-0.2, 0) is 9.59 Å². The van der Waals surface area contributed by atoms with Crippen LogP contribution >= 0.6 is 23.2 Å². The summed E-state index contributed by atoms with van der Waals surface area (Å²) in [5.74, 6) is 0. The van der Waals surface area contributed by atoms with Crippen molar-refractivity contribution in [3.63, 3.8) is 0 Å². The average molecular weight is 191 g/mol. The zero-order valence-electron chi connectivity index (χ0n) is 5.17. The SMILES string of the molecule is O=C(Cl)C1=CC=[N+]=C1C(=O)Cl. The molecule has 0 spiro atoms. The molecule has 0 aromatic carbocycles. The minimum absolute atomic E-state index is 0.0478. The maximum absolute atomic E-state index is 10.5. The predicted octanol–water partition coefficient (Wildman–Crippen LogP) is 0.0362. The zero-order chi connectivity index (χ0) is 8.43. The molecule has 0 aromatic rings. The van der Waals surface area contributed by atoms with E-state index in [1.165, 1.54) is 12.3 Å². The Balaban J connectivity index is 3.01. The summed E-state index contributed by atoms with van der Waals surface area (Å²) in [5.41, 5.74) is -0.0432. The van der Waals surface area contributed by atoms with Gasteiger partial charge in [-0.15, -0.1) is 0 Å². The average Bonchev–Trinajstić information content (AvgIpc) is 2.32. The minimum Gasteiger partial charge on any atom is -0.275 e. The topological polar surface area (TPSA) is 48.2 Å². The first-order valence-electron chi connectivity index (χ1n) is 2.64. The van der Waals surface area contributed by atoms with E-state index in [4.69, 9.17) is 23.2 Å². The van der Waals surface area contributed by atoms with Gasteiger partial charge in [0.2, 0.25) is 0 Å². The second-order valence-corrected chi connectivity index (χ2v) is 2.44. The van der Waals surface area contributed by atoms with Gasteiger partial charge in [-0.1, -0.05) is 4.67 Å². The molecular weight excluding hydrogens is 189 g/mol. The summed E-state index contributed by atoms with van der Waals surface area (Å²) in [6, 6.07) is 0. The summed E-state index contributed by atoms with van der Waals surface area (Å²) in [4.78, 5) is 21.1. The molecule has 0 radical (unpaired) electrons. The van der Waals surface area contributed by atoms with E-state index in [0.29, 0.717) is 0 Å². The maximum atomic E-state index is 10.5. The van der Waals surface area contributed by atoms with E-state index in [2.05, 4.69) is 4.67 Å². The monoisotopic (exact) mass is 190 g/mol. The quantitative estimate of drug-likeness (QED) is 0.456. The van der Waals surface area contributed by atoms with E-state index in [0.717, 1.165) is 0 Å². The van der Waals surface area contributed by atoms with Gasteiger partial charge in [0.1, 0.15) is 5.57 Å². The lowest BCUT2D eigenvalue weighted by atomic mass is 10.2. The van der Waals surface area contributed by atoms with Gasteiger partial charge in [0.15, 0.2) is 0 Å². The number of nitrogens with zero attached hydrogens (tertiary/aromatic N) is 1. The molecule has 0 aromatic heterocycles. The highest BCUT2D eigenvalue weighted by Crippen LogP contribution is 2.05. The van der Waals surface area contributed by atoms with E-state index in [1.54, 1.807) is 0 Å². The van der Waals surface area contributed by atoms with Crippen molar-refractivity contribution in [2.75, 3.05) is 0 Å². The highest BCUT2D eigenvalue weighted by Gasteiger charge is 2.31. The fraction of sp³-hybridized carbons (Fsp3) is 0. The van der Waals surface area contributed by atoms with Crippen LogP contribution in [0, 0.1) is 0 Å². The fourth-order valence-corrected chi connectivity index (χ4v) is 0.953. The molecule has 0 amide bonds. The van der Waals surface area contributed by atoms with Gasteiger partial charge in [-0.2, -0.15) is 0 Å². The Kier molecular flexibility index (Phi) is 2.25. The number of halogens is 2. The van der Waals surface area contributed by atoms with E-state index < -0.39 is 10.5 Å². The van der Waals surface area contributed by atoms with Crippen LogP contribution in [0.25, 0.3) is 0 Å².